The average molecular weight is 368 g/mol. The number of hydrogen-bond acceptors (Lipinski definition) is 2. The molecule has 94 valence electrons. The Labute approximate surface area is 120 Å². The standard InChI is InChI=1S/C12H15ClINO2/c1-15(7-10(13)8-17-2)12(16)9-3-5-11(14)6-4-9/h3-6,10H,7-8H2,1-2H3. The summed E-state index contributed by atoms with van der Waals surface area (Å²) >= 11 is 8.22. The molecule has 0 N–H and O–H groups in total. The minimum Gasteiger partial charge on any atom is -0.383 e. The molecule has 1 rings (SSSR count). The summed E-state index contributed by atoms with van der Waals surface area (Å²) in [6, 6.07) is 7.46. The first kappa shape index (κ1) is 14.7. The summed E-state index contributed by atoms with van der Waals surface area (Å²) in [5.41, 5.74) is 0.675. The van der Waals surface area contributed by atoms with Crippen LogP contribution in [0.5, 0.6) is 0 Å². The molecule has 0 aliphatic rings. The minimum atomic E-state index is -0.183. The zero-order valence-electron chi connectivity index (χ0n) is 9.82. The molecule has 0 spiro atoms. The van der Waals surface area contributed by atoms with E-state index in [-0.39, 0.29) is 11.3 Å². The highest BCUT2D eigenvalue weighted by Gasteiger charge is 2.15. The zero-order valence-corrected chi connectivity index (χ0v) is 12.7. The van der Waals surface area contributed by atoms with Crippen molar-refractivity contribution in [3.63, 3.8) is 0 Å². The molecule has 0 saturated carbocycles. The maximum atomic E-state index is 12.0. The van der Waals surface area contributed by atoms with Gasteiger partial charge in [0.05, 0.1) is 12.0 Å². The molecule has 0 bridgehead atoms. The van der Waals surface area contributed by atoms with Crippen molar-refractivity contribution < 1.29 is 9.53 Å². The van der Waals surface area contributed by atoms with E-state index in [1.165, 1.54) is 0 Å². The van der Waals surface area contributed by atoms with Gasteiger partial charge in [-0.15, -0.1) is 11.6 Å². The highest BCUT2D eigenvalue weighted by molar-refractivity contribution is 14.1. The monoisotopic (exact) mass is 367 g/mol. The summed E-state index contributed by atoms with van der Waals surface area (Å²) in [4.78, 5) is 13.6. The molecule has 0 saturated heterocycles. The molecule has 17 heavy (non-hydrogen) atoms. The summed E-state index contributed by atoms with van der Waals surface area (Å²) in [5.74, 6) is -0.0249. The zero-order chi connectivity index (χ0) is 12.8. The normalized spacial score (nSPS) is 12.2. The quantitative estimate of drug-likeness (QED) is 0.591. The van der Waals surface area contributed by atoms with E-state index < -0.39 is 0 Å². The molecule has 0 aliphatic heterocycles. The van der Waals surface area contributed by atoms with Crippen molar-refractivity contribution in [2.75, 3.05) is 27.3 Å². The van der Waals surface area contributed by atoms with Gasteiger partial charge < -0.3 is 9.64 Å². The van der Waals surface area contributed by atoms with E-state index in [4.69, 9.17) is 16.3 Å². The topological polar surface area (TPSA) is 29.5 Å². The number of methoxy groups -OCH3 is 1. The van der Waals surface area contributed by atoms with Crippen molar-refractivity contribution in [3.05, 3.63) is 33.4 Å². The largest absolute Gasteiger partial charge is 0.383 e. The van der Waals surface area contributed by atoms with Crippen molar-refractivity contribution in [2.24, 2.45) is 0 Å². The van der Waals surface area contributed by atoms with E-state index >= 15 is 0 Å². The number of amides is 1. The van der Waals surface area contributed by atoms with Crippen LogP contribution >= 0.6 is 34.2 Å². The number of carbonyl (C=O) groups is 1. The van der Waals surface area contributed by atoms with Gasteiger partial charge in [-0.3, -0.25) is 4.79 Å². The van der Waals surface area contributed by atoms with Crippen LogP contribution in [0.2, 0.25) is 0 Å². The van der Waals surface area contributed by atoms with Gasteiger partial charge in [-0.2, -0.15) is 0 Å². The van der Waals surface area contributed by atoms with Crippen LogP contribution in [0.3, 0.4) is 0 Å². The highest BCUT2D eigenvalue weighted by Crippen LogP contribution is 2.10. The van der Waals surface area contributed by atoms with Gasteiger partial charge in [-0.05, 0) is 46.9 Å². The fraction of sp³-hybridized carbons (Fsp3) is 0.417. The lowest BCUT2D eigenvalue weighted by Crippen LogP contribution is -2.33. The van der Waals surface area contributed by atoms with Crippen LogP contribution in [0.15, 0.2) is 24.3 Å². The first-order valence-corrected chi connectivity index (χ1v) is 6.70. The summed E-state index contributed by atoms with van der Waals surface area (Å²) in [6.45, 7) is 0.909. The third-order valence-electron chi connectivity index (χ3n) is 2.26. The van der Waals surface area contributed by atoms with Gasteiger partial charge >= 0.3 is 0 Å². The SMILES string of the molecule is COCC(Cl)CN(C)C(=O)c1ccc(I)cc1. The Morgan fingerprint density at radius 2 is 2.06 bits per heavy atom. The van der Waals surface area contributed by atoms with Crippen LogP contribution in [0, 0.1) is 3.57 Å². The Morgan fingerprint density at radius 3 is 2.59 bits per heavy atom. The van der Waals surface area contributed by atoms with E-state index in [0.717, 1.165) is 3.57 Å². The number of carbonyl (C=O) groups excluding carboxylic acids is 1. The van der Waals surface area contributed by atoms with Crippen molar-refractivity contribution in [3.8, 4) is 0 Å². The Balaban J connectivity index is 2.60. The highest BCUT2D eigenvalue weighted by atomic mass is 127. The molecule has 1 aromatic rings. The third kappa shape index (κ3) is 4.81. The van der Waals surface area contributed by atoms with E-state index in [0.29, 0.717) is 18.7 Å². The Bertz CT molecular complexity index is 369. The summed E-state index contributed by atoms with van der Waals surface area (Å²) in [6.07, 6.45) is 0. The second-order valence-electron chi connectivity index (χ2n) is 3.75. The lowest BCUT2D eigenvalue weighted by atomic mass is 10.2. The van der Waals surface area contributed by atoms with Crippen LogP contribution in [0.4, 0.5) is 0 Å². The molecule has 0 aromatic heterocycles. The van der Waals surface area contributed by atoms with Crippen molar-refractivity contribution in [1.82, 2.24) is 4.90 Å². The van der Waals surface area contributed by atoms with Gasteiger partial charge in [0.1, 0.15) is 0 Å². The third-order valence-corrected chi connectivity index (χ3v) is 3.24. The lowest BCUT2D eigenvalue weighted by Gasteiger charge is -2.20. The molecule has 5 heteroatoms. The average Bonchev–Trinajstić information content (AvgIpc) is 2.29. The van der Waals surface area contributed by atoms with Crippen molar-refractivity contribution in [2.45, 2.75) is 5.38 Å². The van der Waals surface area contributed by atoms with Gasteiger partial charge in [0, 0.05) is 29.8 Å². The van der Waals surface area contributed by atoms with Crippen LogP contribution in [-0.4, -0.2) is 43.5 Å². The van der Waals surface area contributed by atoms with Gasteiger partial charge in [0.25, 0.3) is 5.91 Å². The number of rotatable bonds is 5. The smallest absolute Gasteiger partial charge is 0.253 e. The Kier molecular flexibility index (Phi) is 6.22. The molecule has 0 aliphatic carbocycles. The Morgan fingerprint density at radius 1 is 1.47 bits per heavy atom. The predicted octanol–water partition coefficient (Wildman–Crippen LogP) is 2.62. The fourth-order valence-corrected chi connectivity index (χ4v) is 2.12. The molecule has 0 radical (unpaired) electrons. The van der Waals surface area contributed by atoms with Crippen molar-refractivity contribution in [1.29, 1.82) is 0 Å². The maximum absolute atomic E-state index is 12.0. The first-order valence-electron chi connectivity index (χ1n) is 5.18. The molecular formula is C12H15ClINO2. The second kappa shape index (κ2) is 7.18. The van der Waals surface area contributed by atoms with E-state index in [2.05, 4.69) is 22.6 Å². The Hall–Kier alpha value is -0.330. The second-order valence-corrected chi connectivity index (χ2v) is 5.61. The molecule has 0 fully saturated rings. The fourth-order valence-electron chi connectivity index (χ4n) is 1.43. The number of alkyl halides is 1. The molecular weight excluding hydrogens is 352 g/mol. The van der Waals surface area contributed by atoms with E-state index in [1.54, 1.807) is 19.1 Å². The molecule has 1 aromatic carbocycles. The number of nitrogens with zero attached hydrogens (tertiary/aromatic N) is 1. The molecule has 0 heterocycles. The van der Waals surface area contributed by atoms with Gasteiger partial charge in [-0.1, -0.05) is 0 Å². The number of ether oxygens (including phenoxy) is 1. The summed E-state index contributed by atoms with van der Waals surface area (Å²) < 4.78 is 6.04. The number of hydrogen-bond donors (Lipinski definition) is 0. The molecule has 1 atom stereocenters. The summed E-state index contributed by atoms with van der Waals surface area (Å²) in [5, 5.41) is -0.183. The van der Waals surface area contributed by atoms with Crippen LogP contribution < -0.4 is 0 Å². The predicted molar refractivity (Wildman–Crippen MR) is 77.6 cm³/mol. The summed E-state index contributed by atoms with van der Waals surface area (Å²) in [7, 11) is 3.33. The van der Waals surface area contributed by atoms with E-state index in [9.17, 15) is 4.79 Å². The minimum absolute atomic E-state index is 0.0249. The van der Waals surface area contributed by atoms with Crippen molar-refractivity contribution >= 4 is 40.1 Å². The van der Waals surface area contributed by atoms with E-state index in [1.807, 2.05) is 24.3 Å². The van der Waals surface area contributed by atoms with Gasteiger partial charge in [-0.25, -0.2) is 0 Å². The maximum Gasteiger partial charge on any atom is 0.253 e. The molecule has 1 unspecified atom stereocenters. The number of benzene rings is 1. The van der Waals surface area contributed by atoms with Crippen LogP contribution in [0.1, 0.15) is 10.4 Å². The molecule has 1 amide bonds. The lowest BCUT2D eigenvalue weighted by molar-refractivity contribution is 0.0781. The van der Waals surface area contributed by atoms with Crippen LogP contribution in [-0.2, 0) is 4.74 Å². The van der Waals surface area contributed by atoms with Crippen LogP contribution in [0.25, 0.3) is 0 Å². The van der Waals surface area contributed by atoms with Gasteiger partial charge in [0.2, 0.25) is 0 Å². The van der Waals surface area contributed by atoms with Gasteiger partial charge in [0.15, 0.2) is 0 Å². The molecule has 3 nitrogen and oxygen atoms in total. The first-order chi connectivity index (χ1) is 8.04. The number of halogens is 2.